The predicted molar refractivity (Wildman–Crippen MR) is 48.2 cm³/mol. The summed E-state index contributed by atoms with van der Waals surface area (Å²) in [5.74, 6) is -3.65. The molecule has 2 atom stereocenters. The number of rotatable bonds is 4. The van der Waals surface area contributed by atoms with Gasteiger partial charge in [0, 0.05) is 0 Å². The maximum Gasteiger partial charge on any atom is 0.377 e. The van der Waals surface area contributed by atoms with E-state index in [0.29, 0.717) is 0 Å². The fourth-order valence-electron chi connectivity index (χ4n) is 1.05. The van der Waals surface area contributed by atoms with E-state index in [4.69, 9.17) is 10.8 Å². The molecule has 0 aromatic carbocycles. The number of esters is 2. The smallest absolute Gasteiger partial charge is 0.377 e. The Morgan fingerprint density at radius 1 is 1.56 bits per heavy atom. The van der Waals surface area contributed by atoms with E-state index in [-0.39, 0.29) is 6.54 Å². The van der Waals surface area contributed by atoms with Crippen LogP contribution in [-0.2, 0) is 19.1 Å². The van der Waals surface area contributed by atoms with Crippen LogP contribution in [0.3, 0.4) is 0 Å². The van der Waals surface area contributed by atoms with Crippen LogP contribution in [0, 0.1) is 0 Å². The zero-order chi connectivity index (χ0) is 12.3. The van der Waals surface area contributed by atoms with E-state index in [9.17, 15) is 19.8 Å². The third kappa shape index (κ3) is 2.41. The molecule has 0 spiro atoms. The molecule has 1 heterocycles. The molecule has 8 nitrogen and oxygen atoms in total. The number of hydrogen-bond acceptors (Lipinski definition) is 8. The molecule has 8 heteroatoms. The molecule has 0 radical (unpaired) electrons. The van der Waals surface area contributed by atoms with Crippen LogP contribution in [0.15, 0.2) is 11.5 Å². The van der Waals surface area contributed by atoms with Crippen molar-refractivity contribution in [2.24, 2.45) is 5.73 Å². The zero-order valence-corrected chi connectivity index (χ0v) is 8.12. The highest BCUT2D eigenvalue weighted by molar-refractivity contribution is 5.89. The van der Waals surface area contributed by atoms with Crippen LogP contribution >= 0.6 is 0 Å². The van der Waals surface area contributed by atoms with Gasteiger partial charge in [0.2, 0.25) is 5.76 Å². The number of hydrogen-bond donors (Lipinski definition) is 4. The maximum absolute atomic E-state index is 10.8. The number of ether oxygens (including phenoxy) is 2. The van der Waals surface area contributed by atoms with Gasteiger partial charge in [-0.25, -0.2) is 4.79 Å². The van der Waals surface area contributed by atoms with Gasteiger partial charge in [-0.1, -0.05) is 0 Å². The number of cyclic esters (lactones) is 1. The van der Waals surface area contributed by atoms with Crippen molar-refractivity contribution in [2.75, 3.05) is 13.2 Å². The van der Waals surface area contributed by atoms with E-state index in [1.807, 2.05) is 0 Å². The fraction of sp³-hybridized carbons (Fsp3) is 0.500. The van der Waals surface area contributed by atoms with E-state index >= 15 is 0 Å². The minimum atomic E-state index is -1.47. The lowest BCUT2D eigenvalue weighted by Gasteiger charge is -2.16. The molecule has 0 aliphatic carbocycles. The Balaban J connectivity index is 2.53. The minimum absolute atomic E-state index is 0.357. The lowest BCUT2D eigenvalue weighted by Crippen LogP contribution is -2.34. The topological polar surface area (TPSA) is 139 Å². The molecular weight excluding hydrogens is 222 g/mol. The number of nitrogens with two attached hydrogens (primary N) is 1. The van der Waals surface area contributed by atoms with E-state index < -0.39 is 42.3 Å². The average molecular weight is 233 g/mol. The van der Waals surface area contributed by atoms with E-state index in [1.54, 1.807) is 0 Å². The van der Waals surface area contributed by atoms with E-state index in [0.717, 1.165) is 0 Å². The molecule has 0 fully saturated rings. The van der Waals surface area contributed by atoms with Crippen LogP contribution in [0.4, 0.5) is 0 Å². The number of carbonyl (C=O) groups excluding carboxylic acids is 2. The monoisotopic (exact) mass is 233 g/mol. The first-order valence-electron chi connectivity index (χ1n) is 4.34. The lowest BCUT2D eigenvalue weighted by molar-refractivity contribution is -0.153. The van der Waals surface area contributed by atoms with Gasteiger partial charge >= 0.3 is 11.9 Å². The Hall–Kier alpha value is -1.80. The fourth-order valence-corrected chi connectivity index (χ4v) is 1.05. The molecule has 2 unspecified atom stereocenters. The van der Waals surface area contributed by atoms with Crippen molar-refractivity contribution >= 4 is 11.9 Å². The Morgan fingerprint density at radius 2 is 2.19 bits per heavy atom. The van der Waals surface area contributed by atoms with Crippen molar-refractivity contribution in [1.29, 1.82) is 0 Å². The van der Waals surface area contributed by atoms with Crippen molar-refractivity contribution in [3.8, 4) is 0 Å². The third-order valence-corrected chi connectivity index (χ3v) is 1.87. The van der Waals surface area contributed by atoms with Crippen LogP contribution < -0.4 is 5.73 Å². The van der Waals surface area contributed by atoms with Gasteiger partial charge in [-0.3, -0.25) is 4.79 Å². The van der Waals surface area contributed by atoms with Crippen LogP contribution in [0.5, 0.6) is 0 Å². The van der Waals surface area contributed by atoms with Gasteiger partial charge in [-0.15, -0.1) is 0 Å². The SMILES string of the molecule is NCC(=O)OCC(O)C1OC(=O)C(O)=C1O. The number of aliphatic hydroxyl groups excluding tert-OH is 3. The summed E-state index contributed by atoms with van der Waals surface area (Å²) in [6, 6.07) is 0. The summed E-state index contributed by atoms with van der Waals surface area (Å²) >= 11 is 0. The van der Waals surface area contributed by atoms with Crippen LogP contribution in [-0.4, -0.2) is 52.6 Å². The van der Waals surface area contributed by atoms with Crippen molar-refractivity contribution in [3.63, 3.8) is 0 Å². The Labute approximate surface area is 89.9 Å². The molecule has 1 rings (SSSR count). The molecule has 0 amide bonds. The summed E-state index contributed by atoms with van der Waals surface area (Å²) in [5, 5.41) is 27.5. The number of aliphatic hydroxyl groups is 3. The van der Waals surface area contributed by atoms with Crippen LogP contribution in [0.2, 0.25) is 0 Å². The molecule has 1 aliphatic rings. The van der Waals surface area contributed by atoms with Crippen molar-refractivity contribution in [2.45, 2.75) is 12.2 Å². The van der Waals surface area contributed by atoms with Crippen molar-refractivity contribution < 1.29 is 34.4 Å². The first-order valence-corrected chi connectivity index (χ1v) is 4.34. The van der Waals surface area contributed by atoms with E-state index in [2.05, 4.69) is 9.47 Å². The highest BCUT2D eigenvalue weighted by Crippen LogP contribution is 2.21. The zero-order valence-electron chi connectivity index (χ0n) is 8.12. The van der Waals surface area contributed by atoms with Gasteiger partial charge < -0.3 is 30.5 Å². The van der Waals surface area contributed by atoms with Gasteiger partial charge in [0.1, 0.15) is 12.7 Å². The Morgan fingerprint density at radius 3 is 2.62 bits per heavy atom. The molecule has 0 bridgehead atoms. The van der Waals surface area contributed by atoms with Crippen LogP contribution in [0.25, 0.3) is 0 Å². The Kier molecular flexibility index (Phi) is 3.69. The average Bonchev–Trinajstić information content (AvgIpc) is 2.53. The van der Waals surface area contributed by atoms with Gasteiger partial charge in [-0.2, -0.15) is 0 Å². The third-order valence-electron chi connectivity index (χ3n) is 1.87. The van der Waals surface area contributed by atoms with Gasteiger partial charge in [0.15, 0.2) is 11.9 Å². The molecule has 0 saturated carbocycles. The first kappa shape index (κ1) is 12.3. The van der Waals surface area contributed by atoms with E-state index in [1.165, 1.54) is 0 Å². The highest BCUT2D eigenvalue weighted by atomic mass is 16.6. The van der Waals surface area contributed by atoms with Crippen molar-refractivity contribution in [1.82, 2.24) is 0 Å². The molecular formula is C8H11NO7. The first-order chi connectivity index (χ1) is 7.47. The lowest BCUT2D eigenvalue weighted by atomic mass is 10.2. The quantitative estimate of drug-likeness (QED) is 0.413. The summed E-state index contributed by atoms with van der Waals surface area (Å²) in [5.41, 5.74) is 4.94. The molecule has 0 saturated heterocycles. The van der Waals surface area contributed by atoms with Crippen LogP contribution in [0.1, 0.15) is 0 Å². The Bertz CT molecular complexity index is 337. The summed E-state index contributed by atoms with van der Waals surface area (Å²) in [4.78, 5) is 21.4. The summed E-state index contributed by atoms with van der Waals surface area (Å²) in [7, 11) is 0. The maximum atomic E-state index is 10.8. The highest BCUT2D eigenvalue weighted by Gasteiger charge is 2.39. The summed E-state index contributed by atoms with van der Waals surface area (Å²) < 4.78 is 8.89. The van der Waals surface area contributed by atoms with Gasteiger partial charge in [0.05, 0.1) is 6.54 Å². The largest absolute Gasteiger partial charge is 0.505 e. The second-order valence-corrected chi connectivity index (χ2v) is 3.01. The number of carbonyl (C=O) groups is 2. The summed E-state index contributed by atoms with van der Waals surface area (Å²) in [6.45, 7) is -0.866. The summed E-state index contributed by atoms with van der Waals surface area (Å²) in [6.07, 6.45) is -2.90. The van der Waals surface area contributed by atoms with Crippen molar-refractivity contribution in [3.05, 3.63) is 11.5 Å². The standard InChI is InChI=1S/C8H11NO7/c9-1-4(11)15-2-3(10)7-5(12)6(13)8(14)16-7/h3,7,10,12-13H,1-2,9H2. The molecule has 5 N–H and O–H groups in total. The van der Waals surface area contributed by atoms with Gasteiger partial charge in [0.25, 0.3) is 0 Å². The second-order valence-electron chi connectivity index (χ2n) is 3.01. The molecule has 16 heavy (non-hydrogen) atoms. The predicted octanol–water partition coefficient (Wildman–Crippen LogP) is -1.90. The molecule has 0 aromatic rings. The normalized spacial score (nSPS) is 21.9. The minimum Gasteiger partial charge on any atom is -0.505 e. The second kappa shape index (κ2) is 4.81. The molecule has 0 aromatic heterocycles. The molecule has 1 aliphatic heterocycles. The van der Waals surface area contributed by atoms with Gasteiger partial charge in [-0.05, 0) is 0 Å². The molecule has 90 valence electrons.